The second-order valence-electron chi connectivity index (χ2n) is 4.93. The molecule has 6 heteroatoms. The molecule has 0 bridgehead atoms. The van der Waals surface area contributed by atoms with E-state index in [1.807, 2.05) is 19.2 Å². The molecule has 1 heterocycles. The molecule has 0 saturated heterocycles. The lowest BCUT2D eigenvalue weighted by Crippen LogP contribution is -2.48. The van der Waals surface area contributed by atoms with E-state index < -0.39 is 17.3 Å². The van der Waals surface area contributed by atoms with Gasteiger partial charge in [-0.05, 0) is 18.8 Å². The maximum atomic E-state index is 12.0. The van der Waals surface area contributed by atoms with Crippen LogP contribution in [0.25, 0.3) is 0 Å². The van der Waals surface area contributed by atoms with Gasteiger partial charge in [0.1, 0.15) is 5.41 Å². The Hall–Kier alpha value is -1.43. The zero-order valence-electron chi connectivity index (χ0n) is 10.4. The van der Waals surface area contributed by atoms with Crippen LogP contribution in [0.3, 0.4) is 0 Å². The lowest BCUT2D eigenvalue weighted by molar-refractivity contribution is -0.159. The monoisotopic (exact) mass is 268 g/mol. The van der Waals surface area contributed by atoms with E-state index >= 15 is 0 Å². The van der Waals surface area contributed by atoms with E-state index in [4.69, 9.17) is 5.11 Å². The normalized spacial score (nSPS) is 17.3. The highest BCUT2D eigenvalue weighted by molar-refractivity contribution is 7.13. The molecule has 18 heavy (non-hydrogen) atoms. The first-order valence-corrected chi connectivity index (χ1v) is 6.84. The van der Waals surface area contributed by atoms with Crippen LogP contribution in [0.4, 0.5) is 5.13 Å². The fraction of sp³-hybridized carbons (Fsp3) is 0.583. The zero-order valence-corrected chi connectivity index (χ0v) is 11.2. The third-order valence-electron chi connectivity index (χ3n) is 3.39. The smallest absolute Gasteiger partial charge is 0.319 e. The van der Waals surface area contributed by atoms with E-state index in [0.717, 1.165) is 12.1 Å². The Labute approximate surface area is 109 Å². The molecule has 0 aromatic carbocycles. The number of rotatable bonds is 4. The molecule has 1 aliphatic carbocycles. The Morgan fingerprint density at radius 1 is 1.50 bits per heavy atom. The average molecular weight is 268 g/mol. The number of hydrogen-bond acceptors (Lipinski definition) is 4. The van der Waals surface area contributed by atoms with Gasteiger partial charge in [-0.15, -0.1) is 11.3 Å². The number of carbonyl (C=O) groups is 2. The van der Waals surface area contributed by atoms with Crippen molar-refractivity contribution in [3.63, 3.8) is 0 Å². The molecule has 0 unspecified atom stereocenters. The molecule has 1 saturated carbocycles. The maximum Gasteiger partial charge on any atom is 0.319 e. The van der Waals surface area contributed by atoms with E-state index in [0.29, 0.717) is 23.9 Å². The summed E-state index contributed by atoms with van der Waals surface area (Å²) in [7, 11) is 0. The van der Waals surface area contributed by atoms with Gasteiger partial charge in [-0.3, -0.25) is 9.59 Å². The number of hydrogen-bond donors (Lipinski definition) is 2. The van der Waals surface area contributed by atoms with Crippen molar-refractivity contribution in [1.82, 2.24) is 4.98 Å². The summed E-state index contributed by atoms with van der Waals surface area (Å²) in [5.74, 6) is -1.18. The number of aliphatic carboxylic acids is 1. The molecular formula is C12H16N2O3S. The average Bonchev–Trinajstić information content (AvgIpc) is 2.63. The second kappa shape index (κ2) is 4.68. The van der Waals surface area contributed by atoms with Crippen LogP contribution in [0.5, 0.6) is 0 Å². The highest BCUT2D eigenvalue weighted by Crippen LogP contribution is 2.42. The predicted octanol–water partition coefficient (Wildman–Crippen LogP) is 2.46. The first-order valence-electron chi connectivity index (χ1n) is 5.96. The molecule has 0 radical (unpaired) electrons. The Bertz CT molecular complexity index is 477. The number of thiazole rings is 1. The molecule has 1 amide bonds. The summed E-state index contributed by atoms with van der Waals surface area (Å²) in [5.41, 5.74) is -0.322. The van der Waals surface area contributed by atoms with Crippen molar-refractivity contribution in [1.29, 1.82) is 0 Å². The molecular weight excluding hydrogens is 252 g/mol. The van der Waals surface area contributed by atoms with Crippen molar-refractivity contribution in [2.24, 2.45) is 5.41 Å². The van der Waals surface area contributed by atoms with Gasteiger partial charge in [0, 0.05) is 5.38 Å². The topological polar surface area (TPSA) is 79.3 Å². The molecule has 5 nitrogen and oxygen atoms in total. The SMILES string of the molecule is CC(C)c1csc(NC(=O)C2(C(=O)O)CCC2)n1. The van der Waals surface area contributed by atoms with Crippen LogP contribution in [0.15, 0.2) is 5.38 Å². The summed E-state index contributed by atoms with van der Waals surface area (Å²) in [6.07, 6.45) is 1.61. The number of carboxylic acids is 1. The number of carbonyl (C=O) groups excluding carboxylic acids is 1. The fourth-order valence-corrected chi connectivity index (χ4v) is 2.76. The minimum atomic E-state index is -1.23. The van der Waals surface area contributed by atoms with Gasteiger partial charge >= 0.3 is 5.97 Å². The standard InChI is InChI=1S/C12H16N2O3S/c1-7(2)8-6-18-11(13-8)14-9(15)12(10(16)17)4-3-5-12/h6-7H,3-5H2,1-2H3,(H,16,17)(H,13,14,15). The van der Waals surface area contributed by atoms with Crippen LogP contribution < -0.4 is 5.32 Å². The van der Waals surface area contributed by atoms with Gasteiger partial charge in [0.15, 0.2) is 5.13 Å². The molecule has 1 aromatic rings. The number of aromatic nitrogens is 1. The molecule has 0 atom stereocenters. The van der Waals surface area contributed by atoms with E-state index in [9.17, 15) is 9.59 Å². The Morgan fingerprint density at radius 3 is 2.56 bits per heavy atom. The number of amides is 1. The Kier molecular flexibility index (Phi) is 3.38. The van der Waals surface area contributed by atoms with Crippen LogP contribution in [-0.2, 0) is 9.59 Å². The minimum absolute atomic E-state index is 0.295. The van der Waals surface area contributed by atoms with Crippen molar-refractivity contribution < 1.29 is 14.7 Å². The van der Waals surface area contributed by atoms with Crippen LogP contribution in [0.2, 0.25) is 0 Å². The minimum Gasteiger partial charge on any atom is -0.480 e. The van der Waals surface area contributed by atoms with E-state index in [-0.39, 0.29) is 0 Å². The molecule has 0 aliphatic heterocycles. The van der Waals surface area contributed by atoms with Crippen molar-refractivity contribution in [2.75, 3.05) is 5.32 Å². The Balaban J connectivity index is 2.09. The van der Waals surface area contributed by atoms with Gasteiger partial charge in [0.25, 0.3) is 0 Å². The van der Waals surface area contributed by atoms with Crippen LogP contribution in [0.1, 0.15) is 44.7 Å². The third-order valence-corrected chi connectivity index (χ3v) is 4.16. The molecule has 1 aromatic heterocycles. The zero-order chi connectivity index (χ0) is 13.3. The molecule has 0 spiro atoms. The lowest BCUT2D eigenvalue weighted by atomic mass is 9.68. The van der Waals surface area contributed by atoms with Crippen molar-refractivity contribution in [3.8, 4) is 0 Å². The van der Waals surface area contributed by atoms with Crippen LogP contribution >= 0.6 is 11.3 Å². The number of nitrogens with one attached hydrogen (secondary N) is 1. The van der Waals surface area contributed by atoms with E-state index in [2.05, 4.69) is 10.3 Å². The highest BCUT2D eigenvalue weighted by Gasteiger charge is 2.51. The van der Waals surface area contributed by atoms with Crippen molar-refractivity contribution in [3.05, 3.63) is 11.1 Å². The first-order chi connectivity index (χ1) is 8.45. The van der Waals surface area contributed by atoms with Gasteiger partial charge in [0.05, 0.1) is 5.69 Å². The number of carboxylic acid groups (broad SMARTS) is 1. The number of nitrogens with zero attached hydrogens (tertiary/aromatic N) is 1. The summed E-state index contributed by atoms with van der Waals surface area (Å²) in [5, 5.41) is 14.1. The summed E-state index contributed by atoms with van der Waals surface area (Å²) >= 11 is 1.33. The number of anilines is 1. The van der Waals surface area contributed by atoms with E-state index in [1.54, 1.807) is 0 Å². The molecule has 2 rings (SSSR count). The van der Waals surface area contributed by atoms with Crippen molar-refractivity contribution >= 4 is 28.3 Å². The van der Waals surface area contributed by atoms with Gasteiger partial charge in [0.2, 0.25) is 5.91 Å². The predicted molar refractivity (Wildman–Crippen MR) is 68.8 cm³/mol. The molecule has 1 aliphatic rings. The maximum absolute atomic E-state index is 12.0. The summed E-state index contributed by atoms with van der Waals surface area (Å²) in [6.45, 7) is 4.04. The second-order valence-corrected chi connectivity index (χ2v) is 5.79. The molecule has 2 N–H and O–H groups in total. The van der Waals surface area contributed by atoms with Gasteiger partial charge in [-0.25, -0.2) is 4.98 Å². The highest BCUT2D eigenvalue weighted by atomic mass is 32.1. The van der Waals surface area contributed by atoms with Gasteiger partial charge in [-0.2, -0.15) is 0 Å². The van der Waals surface area contributed by atoms with Gasteiger partial charge in [-0.1, -0.05) is 20.3 Å². The first kappa shape index (κ1) is 13.0. The largest absolute Gasteiger partial charge is 0.480 e. The van der Waals surface area contributed by atoms with Crippen molar-refractivity contribution in [2.45, 2.75) is 39.0 Å². The van der Waals surface area contributed by atoms with E-state index in [1.165, 1.54) is 11.3 Å². The lowest BCUT2D eigenvalue weighted by Gasteiger charge is -2.35. The summed E-state index contributed by atoms with van der Waals surface area (Å²) < 4.78 is 0. The summed E-state index contributed by atoms with van der Waals surface area (Å²) in [6, 6.07) is 0. The van der Waals surface area contributed by atoms with Gasteiger partial charge < -0.3 is 10.4 Å². The quantitative estimate of drug-likeness (QED) is 0.822. The summed E-state index contributed by atoms with van der Waals surface area (Å²) in [4.78, 5) is 27.5. The molecule has 98 valence electrons. The fourth-order valence-electron chi connectivity index (χ4n) is 1.89. The molecule has 1 fully saturated rings. The Morgan fingerprint density at radius 2 is 2.17 bits per heavy atom. The van der Waals surface area contributed by atoms with Crippen LogP contribution in [0, 0.1) is 5.41 Å². The van der Waals surface area contributed by atoms with Crippen LogP contribution in [-0.4, -0.2) is 22.0 Å². The third kappa shape index (κ3) is 2.12.